The van der Waals surface area contributed by atoms with Gasteiger partial charge in [-0.05, 0) is 40.5 Å². The van der Waals surface area contributed by atoms with Crippen LogP contribution in [0.2, 0.25) is 10.0 Å². The SMILES string of the molecule is CCn1ncc(Br)c1C(=O)Cc1ccc(Cl)c(Cl)c1. The van der Waals surface area contributed by atoms with Crippen molar-refractivity contribution in [3.8, 4) is 0 Å². The van der Waals surface area contributed by atoms with Gasteiger partial charge < -0.3 is 0 Å². The Hall–Kier alpha value is -0.840. The highest BCUT2D eigenvalue weighted by atomic mass is 79.9. The summed E-state index contributed by atoms with van der Waals surface area (Å²) in [4.78, 5) is 12.3. The van der Waals surface area contributed by atoms with Crippen LogP contribution in [-0.2, 0) is 13.0 Å². The molecule has 6 heteroatoms. The third-order valence-corrected chi connectivity index (χ3v) is 4.03. The summed E-state index contributed by atoms with van der Waals surface area (Å²) in [6, 6.07) is 5.20. The minimum Gasteiger partial charge on any atom is -0.292 e. The lowest BCUT2D eigenvalue weighted by Gasteiger charge is -2.06. The highest BCUT2D eigenvalue weighted by molar-refractivity contribution is 9.10. The van der Waals surface area contributed by atoms with Crippen molar-refractivity contribution in [3.05, 3.63) is 50.2 Å². The van der Waals surface area contributed by atoms with Crippen LogP contribution in [0.4, 0.5) is 0 Å². The Morgan fingerprint density at radius 2 is 2.11 bits per heavy atom. The smallest absolute Gasteiger partial charge is 0.186 e. The van der Waals surface area contributed by atoms with Crippen LogP contribution in [0.5, 0.6) is 0 Å². The van der Waals surface area contributed by atoms with E-state index in [4.69, 9.17) is 23.2 Å². The number of hydrogen-bond acceptors (Lipinski definition) is 2. The maximum absolute atomic E-state index is 12.3. The molecule has 0 saturated carbocycles. The van der Waals surface area contributed by atoms with E-state index in [-0.39, 0.29) is 12.2 Å². The first kappa shape index (κ1) is 14.6. The normalized spacial score (nSPS) is 10.7. The van der Waals surface area contributed by atoms with E-state index in [9.17, 15) is 4.79 Å². The zero-order valence-corrected chi connectivity index (χ0v) is 13.3. The Kier molecular flexibility index (Phi) is 4.66. The fourth-order valence-electron chi connectivity index (χ4n) is 1.80. The summed E-state index contributed by atoms with van der Waals surface area (Å²) in [5.41, 5.74) is 1.41. The molecule has 100 valence electrons. The molecule has 0 atom stereocenters. The number of ketones is 1. The molecule has 2 rings (SSSR count). The Morgan fingerprint density at radius 3 is 2.74 bits per heavy atom. The zero-order chi connectivity index (χ0) is 14.0. The molecule has 0 aliphatic carbocycles. The lowest BCUT2D eigenvalue weighted by Crippen LogP contribution is -2.12. The molecule has 0 aliphatic rings. The first-order chi connectivity index (χ1) is 9.02. The highest BCUT2D eigenvalue weighted by Gasteiger charge is 2.17. The van der Waals surface area contributed by atoms with Gasteiger partial charge in [0.2, 0.25) is 0 Å². The molecule has 3 nitrogen and oxygen atoms in total. The number of aromatic nitrogens is 2. The maximum Gasteiger partial charge on any atom is 0.186 e. The van der Waals surface area contributed by atoms with Crippen LogP contribution in [0, 0.1) is 0 Å². The number of benzene rings is 1. The molecule has 2 aromatic rings. The molecule has 19 heavy (non-hydrogen) atoms. The van der Waals surface area contributed by atoms with Gasteiger partial charge in [-0.3, -0.25) is 9.48 Å². The van der Waals surface area contributed by atoms with Gasteiger partial charge in [0, 0.05) is 13.0 Å². The molecule has 0 spiro atoms. The van der Waals surface area contributed by atoms with E-state index in [1.54, 1.807) is 29.1 Å². The predicted molar refractivity (Wildman–Crippen MR) is 80.1 cm³/mol. The third-order valence-electron chi connectivity index (χ3n) is 2.71. The molecule has 0 N–H and O–H groups in total. The maximum atomic E-state index is 12.3. The van der Waals surface area contributed by atoms with Gasteiger partial charge in [0.15, 0.2) is 5.78 Å². The number of rotatable bonds is 4. The molecule has 0 aliphatic heterocycles. The van der Waals surface area contributed by atoms with Gasteiger partial charge in [-0.2, -0.15) is 5.10 Å². The van der Waals surface area contributed by atoms with Crippen LogP contribution in [-0.4, -0.2) is 15.6 Å². The fourth-order valence-corrected chi connectivity index (χ4v) is 2.64. The van der Waals surface area contributed by atoms with E-state index in [1.807, 2.05) is 6.92 Å². The van der Waals surface area contributed by atoms with Gasteiger partial charge in [-0.1, -0.05) is 29.3 Å². The van der Waals surface area contributed by atoms with Gasteiger partial charge in [0.05, 0.1) is 20.7 Å². The van der Waals surface area contributed by atoms with E-state index in [2.05, 4.69) is 21.0 Å². The largest absolute Gasteiger partial charge is 0.292 e. The number of carbonyl (C=O) groups excluding carboxylic acids is 1. The summed E-state index contributed by atoms with van der Waals surface area (Å²) in [5.74, 6) is -0.00962. The Bertz CT molecular complexity index is 625. The molecule has 0 amide bonds. The van der Waals surface area contributed by atoms with Crippen molar-refractivity contribution in [2.24, 2.45) is 0 Å². The Balaban J connectivity index is 2.25. The molecule has 0 unspecified atom stereocenters. The quantitative estimate of drug-likeness (QED) is 0.756. The van der Waals surface area contributed by atoms with Crippen molar-refractivity contribution in [3.63, 3.8) is 0 Å². The molecule has 0 saturated heterocycles. The van der Waals surface area contributed by atoms with Crippen molar-refractivity contribution in [1.29, 1.82) is 0 Å². The van der Waals surface area contributed by atoms with Crippen LogP contribution in [0.1, 0.15) is 23.0 Å². The first-order valence-corrected chi connectivity index (χ1v) is 7.26. The topological polar surface area (TPSA) is 34.9 Å². The number of nitrogens with zero attached hydrogens (tertiary/aromatic N) is 2. The predicted octanol–water partition coefficient (Wildman–Crippen LogP) is 4.40. The summed E-state index contributed by atoms with van der Waals surface area (Å²) in [6.07, 6.45) is 1.90. The van der Waals surface area contributed by atoms with E-state index in [1.165, 1.54) is 0 Å². The second kappa shape index (κ2) is 6.07. The van der Waals surface area contributed by atoms with E-state index in [0.29, 0.717) is 26.8 Å². The summed E-state index contributed by atoms with van der Waals surface area (Å²) in [5, 5.41) is 5.07. The number of hydrogen-bond donors (Lipinski definition) is 0. The Morgan fingerprint density at radius 1 is 1.37 bits per heavy atom. The van der Waals surface area contributed by atoms with Crippen LogP contribution in [0.15, 0.2) is 28.9 Å². The van der Waals surface area contributed by atoms with Crippen molar-refractivity contribution in [1.82, 2.24) is 9.78 Å². The lowest BCUT2D eigenvalue weighted by molar-refractivity contribution is 0.0982. The van der Waals surface area contributed by atoms with Gasteiger partial charge in [0.1, 0.15) is 5.69 Å². The number of carbonyl (C=O) groups is 1. The molecule has 1 aromatic carbocycles. The second-order valence-corrected chi connectivity index (χ2v) is 5.67. The monoisotopic (exact) mass is 360 g/mol. The van der Waals surface area contributed by atoms with Crippen molar-refractivity contribution in [2.75, 3.05) is 0 Å². The van der Waals surface area contributed by atoms with Gasteiger partial charge in [0.25, 0.3) is 0 Å². The number of halogens is 3. The summed E-state index contributed by atoms with van der Waals surface area (Å²) in [7, 11) is 0. The average Bonchev–Trinajstić information content (AvgIpc) is 2.75. The molecule has 1 heterocycles. The standard InChI is InChI=1S/C13H11BrCl2N2O/c1-2-18-13(9(14)7-17-18)12(19)6-8-3-4-10(15)11(16)5-8/h3-5,7H,2,6H2,1H3. The van der Waals surface area contributed by atoms with Crippen LogP contribution >= 0.6 is 39.1 Å². The van der Waals surface area contributed by atoms with E-state index in [0.717, 1.165) is 5.56 Å². The van der Waals surface area contributed by atoms with Crippen LogP contribution < -0.4 is 0 Å². The molecule has 0 bridgehead atoms. The lowest BCUT2D eigenvalue weighted by atomic mass is 10.1. The number of aryl methyl sites for hydroxylation is 1. The fraction of sp³-hybridized carbons (Fsp3) is 0.231. The summed E-state index contributed by atoms with van der Waals surface area (Å²) < 4.78 is 2.38. The molecule has 1 aromatic heterocycles. The third kappa shape index (κ3) is 3.19. The Labute approximate surface area is 129 Å². The van der Waals surface area contributed by atoms with E-state index < -0.39 is 0 Å². The molecule has 0 radical (unpaired) electrons. The van der Waals surface area contributed by atoms with Gasteiger partial charge in [-0.25, -0.2) is 0 Å². The first-order valence-electron chi connectivity index (χ1n) is 5.71. The minimum absolute atomic E-state index is 0.00962. The van der Waals surface area contributed by atoms with Crippen molar-refractivity contribution >= 4 is 44.9 Å². The van der Waals surface area contributed by atoms with Crippen molar-refractivity contribution in [2.45, 2.75) is 19.9 Å². The van der Waals surface area contributed by atoms with Crippen LogP contribution in [0.25, 0.3) is 0 Å². The van der Waals surface area contributed by atoms with Crippen LogP contribution in [0.3, 0.4) is 0 Å². The van der Waals surface area contributed by atoms with Gasteiger partial charge in [-0.15, -0.1) is 0 Å². The average molecular weight is 362 g/mol. The summed E-state index contributed by atoms with van der Waals surface area (Å²) in [6.45, 7) is 2.59. The molecule has 0 fully saturated rings. The minimum atomic E-state index is -0.00962. The second-order valence-electron chi connectivity index (χ2n) is 4.01. The van der Waals surface area contributed by atoms with Gasteiger partial charge >= 0.3 is 0 Å². The van der Waals surface area contributed by atoms with Crippen molar-refractivity contribution < 1.29 is 4.79 Å². The summed E-state index contributed by atoms with van der Waals surface area (Å²) >= 11 is 15.1. The number of Topliss-reactive ketones (excluding diaryl/α,β-unsaturated/α-hetero) is 1. The molecular weight excluding hydrogens is 351 g/mol. The zero-order valence-electron chi connectivity index (χ0n) is 10.2. The highest BCUT2D eigenvalue weighted by Crippen LogP contribution is 2.24. The van der Waals surface area contributed by atoms with E-state index >= 15 is 0 Å². The molecular formula is C13H11BrCl2N2O.